The molecule has 1 unspecified atom stereocenters. The number of halogens is 1. The maximum absolute atomic E-state index is 11.7. The number of carbonyl (C=O) groups excluding carboxylic acids is 1. The van der Waals surface area contributed by atoms with Crippen molar-refractivity contribution in [3.05, 3.63) is 23.7 Å². The van der Waals surface area contributed by atoms with Gasteiger partial charge in [-0.2, -0.15) is 0 Å². The van der Waals surface area contributed by atoms with Gasteiger partial charge in [-0.1, -0.05) is 29.8 Å². The number of nitrogens with one attached hydrogen (secondary N) is 1. The van der Waals surface area contributed by atoms with Gasteiger partial charge >= 0.3 is 0 Å². The first-order valence-electron chi connectivity index (χ1n) is 5.13. The maximum atomic E-state index is 11.7. The summed E-state index contributed by atoms with van der Waals surface area (Å²) in [7, 11) is 0. The number of hydrogen-bond acceptors (Lipinski definition) is 2. The van der Waals surface area contributed by atoms with Crippen LogP contribution in [-0.2, 0) is 6.42 Å². The van der Waals surface area contributed by atoms with Crippen molar-refractivity contribution in [3.63, 3.8) is 0 Å². The zero-order chi connectivity index (χ0) is 11.3. The standard InChI is InChI=1S/C11H16BrNO2/c1-3-10-9(5-7-15-10)11(14)13-6-4-8(2)12/h5,7-8H,3-4,6H2,1-2H3,(H,13,14). The zero-order valence-electron chi connectivity index (χ0n) is 9.05. The van der Waals surface area contributed by atoms with E-state index in [-0.39, 0.29) is 5.91 Å². The van der Waals surface area contributed by atoms with Crippen LogP contribution in [0.4, 0.5) is 0 Å². The van der Waals surface area contributed by atoms with Crippen LogP contribution in [0.5, 0.6) is 0 Å². The van der Waals surface area contributed by atoms with E-state index < -0.39 is 0 Å². The van der Waals surface area contributed by atoms with Crippen LogP contribution in [0.25, 0.3) is 0 Å². The molecule has 1 aromatic heterocycles. The molecular weight excluding hydrogens is 258 g/mol. The molecule has 0 bridgehead atoms. The third-order valence-electron chi connectivity index (χ3n) is 2.14. The second kappa shape index (κ2) is 5.95. The minimum atomic E-state index is -0.0475. The van der Waals surface area contributed by atoms with Crippen molar-refractivity contribution in [3.8, 4) is 0 Å². The van der Waals surface area contributed by atoms with Crippen LogP contribution >= 0.6 is 15.9 Å². The van der Waals surface area contributed by atoms with Gasteiger partial charge in [0.1, 0.15) is 5.76 Å². The molecule has 4 heteroatoms. The monoisotopic (exact) mass is 273 g/mol. The summed E-state index contributed by atoms with van der Waals surface area (Å²) >= 11 is 3.43. The van der Waals surface area contributed by atoms with Crippen LogP contribution in [0.3, 0.4) is 0 Å². The molecule has 1 atom stereocenters. The third kappa shape index (κ3) is 3.70. The van der Waals surface area contributed by atoms with Crippen molar-refractivity contribution in [1.82, 2.24) is 5.32 Å². The molecule has 0 aromatic carbocycles. The zero-order valence-corrected chi connectivity index (χ0v) is 10.6. The maximum Gasteiger partial charge on any atom is 0.254 e. The van der Waals surface area contributed by atoms with Crippen molar-refractivity contribution in [2.24, 2.45) is 0 Å². The van der Waals surface area contributed by atoms with E-state index in [1.807, 2.05) is 6.92 Å². The van der Waals surface area contributed by atoms with Gasteiger partial charge in [0.15, 0.2) is 0 Å². The van der Waals surface area contributed by atoms with Gasteiger partial charge in [-0.25, -0.2) is 0 Å². The molecule has 84 valence electrons. The van der Waals surface area contributed by atoms with Crippen LogP contribution < -0.4 is 5.32 Å². The molecule has 1 N–H and O–H groups in total. The predicted molar refractivity (Wildman–Crippen MR) is 63.4 cm³/mol. The molecule has 0 fully saturated rings. The Morgan fingerprint density at radius 2 is 2.40 bits per heavy atom. The lowest BCUT2D eigenvalue weighted by Gasteiger charge is -2.05. The highest BCUT2D eigenvalue weighted by Crippen LogP contribution is 2.11. The Bertz CT molecular complexity index is 320. The van der Waals surface area contributed by atoms with Crippen LogP contribution in [-0.4, -0.2) is 17.3 Å². The Morgan fingerprint density at radius 3 is 3.00 bits per heavy atom. The summed E-state index contributed by atoms with van der Waals surface area (Å²) in [5, 5.41) is 2.86. The fraction of sp³-hybridized carbons (Fsp3) is 0.545. The first kappa shape index (κ1) is 12.3. The van der Waals surface area contributed by atoms with E-state index in [0.717, 1.165) is 18.6 Å². The van der Waals surface area contributed by atoms with Crippen LogP contribution in [0.15, 0.2) is 16.7 Å². The Labute approximate surface area is 98.4 Å². The van der Waals surface area contributed by atoms with Crippen molar-refractivity contribution in [2.45, 2.75) is 31.5 Å². The van der Waals surface area contributed by atoms with E-state index in [9.17, 15) is 4.79 Å². The van der Waals surface area contributed by atoms with Crippen LogP contribution in [0.2, 0.25) is 0 Å². The van der Waals surface area contributed by atoms with Gasteiger partial charge in [-0.3, -0.25) is 4.79 Å². The molecule has 1 aromatic rings. The van der Waals surface area contributed by atoms with Crippen molar-refractivity contribution >= 4 is 21.8 Å². The van der Waals surface area contributed by atoms with Crippen molar-refractivity contribution < 1.29 is 9.21 Å². The molecule has 0 saturated heterocycles. The summed E-state index contributed by atoms with van der Waals surface area (Å²) in [4.78, 5) is 12.1. The first-order chi connectivity index (χ1) is 7.15. The second-order valence-electron chi connectivity index (χ2n) is 3.44. The lowest BCUT2D eigenvalue weighted by Crippen LogP contribution is -2.26. The van der Waals surface area contributed by atoms with Crippen molar-refractivity contribution in [2.75, 3.05) is 6.54 Å². The molecule has 15 heavy (non-hydrogen) atoms. The van der Waals surface area contributed by atoms with E-state index in [1.54, 1.807) is 12.3 Å². The number of aryl methyl sites for hydroxylation is 1. The van der Waals surface area contributed by atoms with E-state index in [2.05, 4.69) is 28.2 Å². The van der Waals surface area contributed by atoms with E-state index in [1.165, 1.54) is 0 Å². The Kier molecular flexibility index (Phi) is 4.88. The Morgan fingerprint density at radius 1 is 1.67 bits per heavy atom. The third-order valence-corrected chi connectivity index (χ3v) is 2.60. The fourth-order valence-electron chi connectivity index (χ4n) is 1.30. The molecule has 1 rings (SSSR count). The number of amides is 1. The summed E-state index contributed by atoms with van der Waals surface area (Å²) < 4.78 is 5.19. The number of hydrogen-bond donors (Lipinski definition) is 1. The Hall–Kier alpha value is -0.770. The fourth-order valence-corrected chi connectivity index (χ4v) is 1.53. The SMILES string of the molecule is CCc1occc1C(=O)NCCC(C)Br. The molecule has 1 amide bonds. The molecule has 0 saturated carbocycles. The van der Waals surface area contributed by atoms with Gasteiger partial charge in [0.05, 0.1) is 11.8 Å². The lowest BCUT2D eigenvalue weighted by molar-refractivity contribution is 0.0951. The minimum absolute atomic E-state index is 0.0475. The van der Waals surface area contributed by atoms with E-state index >= 15 is 0 Å². The molecule has 0 spiro atoms. The highest BCUT2D eigenvalue weighted by atomic mass is 79.9. The quantitative estimate of drug-likeness (QED) is 0.839. The largest absolute Gasteiger partial charge is 0.469 e. The van der Waals surface area contributed by atoms with E-state index in [0.29, 0.717) is 16.9 Å². The summed E-state index contributed by atoms with van der Waals surface area (Å²) in [6, 6.07) is 1.71. The summed E-state index contributed by atoms with van der Waals surface area (Å²) in [5.74, 6) is 0.702. The minimum Gasteiger partial charge on any atom is -0.469 e. The lowest BCUT2D eigenvalue weighted by atomic mass is 10.2. The predicted octanol–water partition coefficient (Wildman–Crippen LogP) is 2.75. The van der Waals surface area contributed by atoms with Gasteiger partial charge in [0.2, 0.25) is 0 Å². The second-order valence-corrected chi connectivity index (χ2v) is 5.00. The molecule has 3 nitrogen and oxygen atoms in total. The highest BCUT2D eigenvalue weighted by Gasteiger charge is 2.12. The molecule has 0 aliphatic heterocycles. The number of furan rings is 1. The summed E-state index contributed by atoms with van der Waals surface area (Å²) in [6.07, 6.45) is 3.22. The van der Waals surface area contributed by atoms with Gasteiger partial charge in [-0.15, -0.1) is 0 Å². The summed E-state index contributed by atoms with van der Waals surface area (Å²) in [5.41, 5.74) is 0.653. The van der Waals surface area contributed by atoms with Gasteiger partial charge in [0, 0.05) is 17.8 Å². The first-order valence-corrected chi connectivity index (χ1v) is 6.05. The number of alkyl halides is 1. The van der Waals surface area contributed by atoms with Gasteiger partial charge in [0.25, 0.3) is 5.91 Å². The number of carbonyl (C=O) groups is 1. The molecular formula is C11H16BrNO2. The smallest absolute Gasteiger partial charge is 0.254 e. The molecule has 0 aliphatic rings. The normalized spacial score (nSPS) is 12.5. The highest BCUT2D eigenvalue weighted by molar-refractivity contribution is 9.09. The number of rotatable bonds is 5. The molecule has 0 aliphatic carbocycles. The van der Waals surface area contributed by atoms with E-state index in [4.69, 9.17) is 4.42 Å². The van der Waals surface area contributed by atoms with Gasteiger partial charge in [-0.05, 0) is 12.5 Å². The van der Waals surface area contributed by atoms with Gasteiger partial charge < -0.3 is 9.73 Å². The Balaban J connectivity index is 2.47. The molecule has 1 heterocycles. The van der Waals surface area contributed by atoms with Crippen LogP contribution in [0, 0.1) is 0 Å². The van der Waals surface area contributed by atoms with Crippen molar-refractivity contribution in [1.29, 1.82) is 0 Å². The molecule has 0 radical (unpaired) electrons. The topological polar surface area (TPSA) is 42.2 Å². The van der Waals surface area contributed by atoms with Crippen LogP contribution in [0.1, 0.15) is 36.4 Å². The average molecular weight is 274 g/mol. The average Bonchev–Trinajstić information content (AvgIpc) is 2.64. The summed E-state index contributed by atoms with van der Waals surface area (Å²) in [6.45, 7) is 4.71.